The summed E-state index contributed by atoms with van der Waals surface area (Å²) < 4.78 is 9.98. The first kappa shape index (κ1) is 29.6. The lowest BCUT2D eigenvalue weighted by Crippen LogP contribution is -2.61. The molecule has 3 saturated carbocycles. The molecule has 0 aromatic heterocycles. The third-order valence-electron chi connectivity index (χ3n) is 11.1. The second-order valence-corrected chi connectivity index (χ2v) is 13.0. The fourth-order valence-electron chi connectivity index (χ4n) is 8.93. The van der Waals surface area contributed by atoms with Crippen LogP contribution in [0, 0.1) is 28.6 Å². The van der Waals surface area contributed by atoms with Gasteiger partial charge in [0, 0.05) is 29.7 Å². The molecule has 0 aromatic rings. The maximum atomic E-state index is 13.4. The van der Waals surface area contributed by atoms with Gasteiger partial charge in [-0.25, -0.2) is 4.79 Å². The number of carbonyl (C=O) groups excluding carboxylic acids is 5. The zero-order valence-corrected chi connectivity index (χ0v) is 24.1. The van der Waals surface area contributed by atoms with Gasteiger partial charge in [0.05, 0.1) is 19.6 Å². The molecule has 5 rings (SSSR count). The molecule has 41 heavy (non-hydrogen) atoms. The highest BCUT2D eigenvalue weighted by Crippen LogP contribution is 2.67. The monoisotopic (exact) mass is 571 g/mol. The fraction of sp³-hybridized carbons (Fsp3) is 0.710. The Labute approximate surface area is 240 Å². The van der Waals surface area contributed by atoms with E-state index in [9.17, 15) is 34.2 Å². The zero-order chi connectivity index (χ0) is 29.7. The van der Waals surface area contributed by atoms with Crippen molar-refractivity contribution in [2.45, 2.75) is 89.4 Å². The van der Waals surface area contributed by atoms with Crippen LogP contribution in [0.15, 0.2) is 23.8 Å². The fourth-order valence-corrected chi connectivity index (χ4v) is 8.93. The number of fused-ring (bicyclic) bond motifs is 5. The summed E-state index contributed by atoms with van der Waals surface area (Å²) >= 11 is 0. The van der Waals surface area contributed by atoms with Crippen molar-refractivity contribution >= 4 is 29.4 Å². The molecule has 0 radical (unpaired) electrons. The molecule has 5 aliphatic rings. The van der Waals surface area contributed by atoms with E-state index >= 15 is 0 Å². The van der Waals surface area contributed by atoms with Crippen molar-refractivity contribution in [1.82, 2.24) is 4.90 Å². The highest BCUT2D eigenvalue weighted by molar-refractivity contribution is 6.01. The summed E-state index contributed by atoms with van der Waals surface area (Å²) in [7, 11) is 1.27. The Morgan fingerprint density at radius 1 is 1.12 bits per heavy atom. The van der Waals surface area contributed by atoms with E-state index in [0.717, 1.165) is 18.4 Å². The number of likely N-dealkylation sites (tertiary alicyclic amines) is 1. The number of ether oxygens (including phenoxy) is 2. The molecular weight excluding hydrogens is 530 g/mol. The molecule has 2 N–H and O–H groups in total. The van der Waals surface area contributed by atoms with E-state index in [4.69, 9.17) is 9.47 Å². The van der Waals surface area contributed by atoms with Gasteiger partial charge in [0.2, 0.25) is 11.7 Å². The van der Waals surface area contributed by atoms with Crippen LogP contribution in [0.2, 0.25) is 0 Å². The van der Waals surface area contributed by atoms with E-state index in [0.29, 0.717) is 25.8 Å². The Balaban J connectivity index is 1.20. The number of methoxy groups -OCH3 is 1. The minimum atomic E-state index is -1.75. The third-order valence-corrected chi connectivity index (χ3v) is 11.1. The second-order valence-electron chi connectivity index (χ2n) is 13.0. The van der Waals surface area contributed by atoms with Crippen LogP contribution in [-0.2, 0) is 33.4 Å². The second kappa shape index (κ2) is 10.8. The molecular formula is C31H41NO9. The van der Waals surface area contributed by atoms with Gasteiger partial charge in [-0.05, 0) is 68.9 Å². The van der Waals surface area contributed by atoms with Crippen molar-refractivity contribution in [3.63, 3.8) is 0 Å². The summed E-state index contributed by atoms with van der Waals surface area (Å²) in [6.45, 7) is 3.74. The number of ketones is 2. The molecule has 0 unspecified atom stereocenters. The first-order chi connectivity index (χ1) is 19.4. The van der Waals surface area contributed by atoms with E-state index in [2.05, 4.69) is 6.92 Å². The number of Topliss-reactive ketones (excluding diaryl/α,β-unsaturated/α-hetero) is 1. The molecule has 10 heteroatoms. The summed E-state index contributed by atoms with van der Waals surface area (Å²) in [4.78, 5) is 63.8. The standard InChI is InChI=1S/C31H41NO9/c1-29-12-10-19(33)15-18(29)6-7-20-21-11-13-31(39,30(21,2)16-23(34)27(20)29)24(35)17-41-26(37)9-8-25(36)32-14-4-5-22(32)28(38)40-3/h10,12,15,20-23,27,34,39H,4-9,11,13-14,16-17H2,1-3H3/t20-,21-,22-,23-,27+,29-,30-,31+/m0/s1. The molecule has 4 aliphatic carbocycles. The molecule has 1 heterocycles. The highest BCUT2D eigenvalue weighted by atomic mass is 16.5. The van der Waals surface area contributed by atoms with Crippen LogP contribution < -0.4 is 0 Å². The van der Waals surface area contributed by atoms with Gasteiger partial charge in [0.1, 0.15) is 11.6 Å². The maximum Gasteiger partial charge on any atom is 0.328 e. The van der Waals surface area contributed by atoms with Crippen molar-refractivity contribution < 1.29 is 43.7 Å². The predicted octanol–water partition coefficient (Wildman–Crippen LogP) is 2.05. The van der Waals surface area contributed by atoms with Gasteiger partial charge in [-0.2, -0.15) is 0 Å². The minimum absolute atomic E-state index is 0.00852. The average Bonchev–Trinajstić information content (AvgIpc) is 3.53. The smallest absolute Gasteiger partial charge is 0.328 e. The summed E-state index contributed by atoms with van der Waals surface area (Å²) in [6, 6.07) is -0.646. The number of aliphatic hydroxyl groups excluding tert-OH is 1. The third kappa shape index (κ3) is 4.76. The number of carbonyl (C=O) groups is 5. The summed E-state index contributed by atoms with van der Waals surface area (Å²) in [5.41, 5.74) is -2.05. The number of hydrogen-bond acceptors (Lipinski definition) is 9. The highest BCUT2D eigenvalue weighted by Gasteiger charge is 2.68. The maximum absolute atomic E-state index is 13.4. The number of hydrogen-bond donors (Lipinski definition) is 2. The van der Waals surface area contributed by atoms with Crippen LogP contribution in [-0.4, -0.2) is 82.5 Å². The molecule has 10 nitrogen and oxygen atoms in total. The number of rotatable bonds is 7. The number of aliphatic hydroxyl groups is 2. The topological polar surface area (TPSA) is 148 Å². The van der Waals surface area contributed by atoms with Gasteiger partial charge in [0.25, 0.3) is 0 Å². The van der Waals surface area contributed by atoms with Crippen LogP contribution in [0.1, 0.15) is 71.6 Å². The van der Waals surface area contributed by atoms with Gasteiger partial charge in [-0.1, -0.05) is 25.5 Å². The minimum Gasteiger partial charge on any atom is -0.467 e. The molecule has 8 atom stereocenters. The summed E-state index contributed by atoms with van der Waals surface area (Å²) in [6.07, 6.45) is 7.75. The van der Waals surface area contributed by atoms with Crippen LogP contribution >= 0.6 is 0 Å². The normalized spacial score (nSPS) is 39.3. The van der Waals surface area contributed by atoms with Crippen LogP contribution in [0.4, 0.5) is 0 Å². The lowest BCUT2D eigenvalue weighted by atomic mass is 9.46. The Hall–Kier alpha value is -2.85. The largest absolute Gasteiger partial charge is 0.467 e. The van der Waals surface area contributed by atoms with Crippen molar-refractivity contribution in [2.75, 3.05) is 20.3 Å². The molecule has 224 valence electrons. The lowest BCUT2D eigenvalue weighted by Gasteiger charge is -2.59. The molecule has 4 fully saturated rings. The summed E-state index contributed by atoms with van der Waals surface area (Å²) in [5, 5.41) is 23.3. The molecule has 0 spiro atoms. The van der Waals surface area contributed by atoms with Crippen LogP contribution in [0.5, 0.6) is 0 Å². The van der Waals surface area contributed by atoms with Crippen molar-refractivity contribution in [3.05, 3.63) is 23.8 Å². The number of allylic oxidation sites excluding steroid dienone is 4. The van der Waals surface area contributed by atoms with Crippen molar-refractivity contribution in [1.29, 1.82) is 0 Å². The number of nitrogens with zero attached hydrogens (tertiary/aromatic N) is 1. The molecule has 1 amide bonds. The van der Waals surface area contributed by atoms with Crippen LogP contribution in [0.3, 0.4) is 0 Å². The Kier molecular flexibility index (Phi) is 7.78. The molecule has 1 aliphatic heterocycles. The van der Waals surface area contributed by atoms with E-state index in [1.165, 1.54) is 12.0 Å². The van der Waals surface area contributed by atoms with E-state index < -0.39 is 52.9 Å². The Bertz CT molecular complexity index is 1210. The van der Waals surface area contributed by atoms with E-state index in [-0.39, 0.29) is 55.1 Å². The van der Waals surface area contributed by atoms with Gasteiger partial charge in [-0.15, -0.1) is 0 Å². The molecule has 1 saturated heterocycles. The van der Waals surface area contributed by atoms with E-state index in [1.54, 1.807) is 12.2 Å². The first-order valence-electron chi connectivity index (χ1n) is 14.8. The van der Waals surface area contributed by atoms with Crippen molar-refractivity contribution in [3.8, 4) is 0 Å². The lowest BCUT2D eigenvalue weighted by molar-refractivity contribution is -0.181. The summed E-state index contributed by atoms with van der Waals surface area (Å²) in [5.74, 6) is -2.25. The first-order valence-corrected chi connectivity index (χ1v) is 14.8. The predicted molar refractivity (Wildman–Crippen MR) is 145 cm³/mol. The molecule has 0 bridgehead atoms. The Morgan fingerprint density at radius 2 is 1.88 bits per heavy atom. The van der Waals surface area contributed by atoms with Gasteiger partial charge >= 0.3 is 11.9 Å². The zero-order valence-electron chi connectivity index (χ0n) is 24.1. The van der Waals surface area contributed by atoms with Gasteiger partial charge < -0.3 is 24.6 Å². The van der Waals surface area contributed by atoms with Gasteiger partial charge in [0.15, 0.2) is 12.4 Å². The quantitative estimate of drug-likeness (QED) is 0.438. The average molecular weight is 572 g/mol. The SMILES string of the molecule is COC(=O)[C@@H]1CCCN1C(=O)CCC(=O)OCC(=O)[C@]1(O)CC[C@H]2[C@@H]3CCC4=CC(=O)C=C[C@]4(C)[C@H]3[C@@H](O)C[C@@]21C. The Morgan fingerprint density at radius 3 is 2.61 bits per heavy atom. The molecule has 0 aromatic carbocycles. The van der Waals surface area contributed by atoms with Crippen LogP contribution in [0.25, 0.3) is 0 Å². The van der Waals surface area contributed by atoms with Crippen molar-refractivity contribution in [2.24, 2.45) is 28.6 Å². The number of amides is 1. The number of esters is 2. The van der Waals surface area contributed by atoms with Gasteiger partial charge in [-0.3, -0.25) is 19.2 Å². The van der Waals surface area contributed by atoms with E-state index in [1.807, 2.05) is 13.0 Å².